The van der Waals surface area contributed by atoms with Crippen LogP contribution in [-0.2, 0) is 19.5 Å². The van der Waals surface area contributed by atoms with E-state index in [1.807, 2.05) is 25.3 Å². The molecule has 0 saturated heterocycles. The summed E-state index contributed by atoms with van der Waals surface area (Å²) < 4.78 is 3.47. The Morgan fingerprint density at radius 2 is 2.04 bits per heavy atom. The number of carbonyl (C=O) groups excluding carboxylic acids is 1. The number of aryl methyl sites for hydroxylation is 2. The van der Waals surface area contributed by atoms with Crippen LogP contribution in [0, 0.1) is 0 Å². The van der Waals surface area contributed by atoms with Crippen molar-refractivity contribution in [3.8, 4) is 0 Å². The van der Waals surface area contributed by atoms with Crippen molar-refractivity contribution in [1.82, 2.24) is 34.8 Å². The Morgan fingerprint density at radius 1 is 1.20 bits per heavy atom. The fraction of sp³-hybridized carbons (Fsp3) is 0.312. The maximum absolute atomic E-state index is 12.0. The number of carbonyl (C=O) groups is 1. The number of urea groups is 1. The van der Waals surface area contributed by atoms with Gasteiger partial charge in [-0.2, -0.15) is 10.2 Å². The molecule has 2 N–H and O–H groups in total. The van der Waals surface area contributed by atoms with E-state index in [9.17, 15) is 4.79 Å². The van der Waals surface area contributed by atoms with Gasteiger partial charge in [-0.3, -0.25) is 19.7 Å². The molecule has 25 heavy (non-hydrogen) atoms. The SMILES string of the molecule is C[C@H](Cn1cncn1)NC(=O)Nc1ccn(CCc2ccncc2)n1. The highest BCUT2D eigenvalue weighted by Crippen LogP contribution is 2.05. The molecule has 0 unspecified atom stereocenters. The van der Waals surface area contributed by atoms with Crippen LogP contribution < -0.4 is 10.6 Å². The molecule has 3 rings (SSSR count). The Morgan fingerprint density at radius 3 is 2.80 bits per heavy atom. The molecule has 0 aliphatic heterocycles. The summed E-state index contributed by atoms with van der Waals surface area (Å²) in [5.41, 5.74) is 1.19. The Labute approximate surface area is 145 Å². The van der Waals surface area contributed by atoms with Crippen molar-refractivity contribution < 1.29 is 4.79 Å². The van der Waals surface area contributed by atoms with E-state index in [4.69, 9.17) is 0 Å². The predicted octanol–water partition coefficient (Wildman–Crippen LogP) is 1.32. The van der Waals surface area contributed by atoms with Gasteiger partial charge in [0.25, 0.3) is 0 Å². The number of pyridine rings is 1. The third-order valence-electron chi connectivity index (χ3n) is 3.57. The third kappa shape index (κ3) is 5.13. The van der Waals surface area contributed by atoms with E-state index in [1.54, 1.807) is 34.2 Å². The number of nitrogens with zero attached hydrogens (tertiary/aromatic N) is 6. The molecule has 0 aliphatic rings. The van der Waals surface area contributed by atoms with Gasteiger partial charge >= 0.3 is 6.03 Å². The first-order valence-electron chi connectivity index (χ1n) is 8.01. The van der Waals surface area contributed by atoms with Gasteiger partial charge in [0.05, 0.1) is 6.54 Å². The lowest BCUT2D eigenvalue weighted by Gasteiger charge is -2.13. The molecule has 9 nitrogen and oxygen atoms in total. The number of amides is 2. The minimum atomic E-state index is -0.299. The van der Waals surface area contributed by atoms with Crippen LogP contribution in [0.3, 0.4) is 0 Å². The average Bonchev–Trinajstić information content (AvgIpc) is 3.25. The van der Waals surface area contributed by atoms with Crippen molar-refractivity contribution in [2.45, 2.75) is 32.5 Å². The lowest BCUT2D eigenvalue weighted by Crippen LogP contribution is -2.38. The molecule has 3 aromatic heterocycles. The molecule has 0 saturated carbocycles. The number of anilines is 1. The maximum Gasteiger partial charge on any atom is 0.320 e. The lowest BCUT2D eigenvalue weighted by atomic mass is 10.2. The molecule has 1 atom stereocenters. The molecular weight excluding hydrogens is 320 g/mol. The molecule has 3 heterocycles. The Hall–Kier alpha value is -3.23. The summed E-state index contributed by atoms with van der Waals surface area (Å²) in [6.45, 7) is 3.18. The quantitative estimate of drug-likeness (QED) is 0.675. The fourth-order valence-electron chi connectivity index (χ4n) is 2.38. The zero-order chi connectivity index (χ0) is 17.5. The normalized spacial score (nSPS) is 11.9. The minimum Gasteiger partial charge on any atom is -0.334 e. The van der Waals surface area contributed by atoms with Crippen LogP contribution in [0.2, 0.25) is 0 Å². The van der Waals surface area contributed by atoms with Crippen LogP contribution >= 0.6 is 0 Å². The molecule has 9 heteroatoms. The summed E-state index contributed by atoms with van der Waals surface area (Å²) >= 11 is 0. The highest BCUT2D eigenvalue weighted by molar-refractivity contribution is 5.88. The van der Waals surface area contributed by atoms with Gasteiger partial charge in [-0.25, -0.2) is 9.78 Å². The van der Waals surface area contributed by atoms with Gasteiger partial charge in [-0.05, 0) is 31.0 Å². The molecule has 0 spiro atoms. The van der Waals surface area contributed by atoms with Crippen molar-refractivity contribution in [3.63, 3.8) is 0 Å². The lowest BCUT2D eigenvalue weighted by molar-refractivity contribution is 0.247. The zero-order valence-corrected chi connectivity index (χ0v) is 13.9. The summed E-state index contributed by atoms with van der Waals surface area (Å²) in [5, 5.41) is 13.9. The Kier molecular flexibility index (Phi) is 5.35. The second-order valence-corrected chi connectivity index (χ2v) is 5.69. The summed E-state index contributed by atoms with van der Waals surface area (Å²) in [5.74, 6) is 0.514. The fourth-order valence-corrected chi connectivity index (χ4v) is 2.38. The number of nitrogens with one attached hydrogen (secondary N) is 2. The van der Waals surface area contributed by atoms with E-state index in [1.165, 1.54) is 11.9 Å². The molecule has 0 radical (unpaired) electrons. The molecule has 0 aliphatic carbocycles. The van der Waals surface area contributed by atoms with E-state index in [0.717, 1.165) is 13.0 Å². The van der Waals surface area contributed by atoms with Gasteiger partial charge in [-0.1, -0.05) is 0 Å². The molecular formula is C16H20N8O. The number of hydrogen-bond donors (Lipinski definition) is 2. The van der Waals surface area contributed by atoms with Gasteiger partial charge in [0, 0.05) is 37.2 Å². The minimum absolute atomic E-state index is 0.0875. The summed E-state index contributed by atoms with van der Waals surface area (Å²) in [4.78, 5) is 19.9. The van der Waals surface area contributed by atoms with Gasteiger partial charge in [0.1, 0.15) is 12.7 Å². The Balaban J connectivity index is 1.45. The maximum atomic E-state index is 12.0. The van der Waals surface area contributed by atoms with Gasteiger partial charge < -0.3 is 5.32 Å². The second kappa shape index (κ2) is 8.04. The second-order valence-electron chi connectivity index (χ2n) is 5.69. The van der Waals surface area contributed by atoms with E-state index >= 15 is 0 Å². The third-order valence-corrected chi connectivity index (χ3v) is 3.57. The average molecular weight is 340 g/mol. The topological polar surface area (TPSA) is 103 Å². The monoisotopic (exact) mass is 340 g/mol. The van der Waals surface area contributed by atoms with Crippen molar-refractivity contribution in [1.29, 1.82) is 0 Å². The highest BCUT2D eigenvalue weighted by atomic mass is 16.2. The first kappa shape index (κ1) is 16.6. The van der Waals surface area contributed by atoms with E-state index in [0.29, 0.717) is 12.4 Å². The van der Waals surface area contributed by atoms with Crippen LogP contribution in [0.4, 0.5) is 10.6 Å². The van der Waals surface area contributed by atoms with Crippen molar-refractivity contribution in [2.24, 2.45) is 0 Å². The van der Waals surface area contributed by atoms with E-state index in [-0.39, 0.29) is 12.1 Å². The number of rotatable bonds is 7. The van der Waals surface area contributed by atoms with E-state index < -0.39 is 0 Å². The zero-order valence-electron chi connectivity index (χ0n) is 13.9. The standard InChI is InChI=1S/C16H20N8O/c1-13(10-24-12-18-11-19-24)20-16(25)21-15-5-9-23(22-15)8-4-14-2-6-17-7-3-14/h2-3,5-7,9,11-13H,4,8,10H2,1H3,(H2,20,21,22,25)/t13-/m1/s1. The van der Waals surface area contributed by atoms with Gasteiger partial charge in [-0.15, -0.1) is 0 Å². The van der Waals surface area contributed by atoms with Gasteiger partial charge in [0.2, 0.25) is 0 Å². The smallest absolute Gasteiger partial charge is 0.320 e. The first-order valence-corrected chi connectivity index (χ1v) is 8.01. The molecule has 0 aromatic carbocycles. The van der Waals surface area contributed by atoms with Crippen LogP contribution in [0.5, 0.6) is 0 Å². The summed E-state index contributed by atoms with van der Waals surface area (Å²) in [7, 11) is 0. The van der Waals surface area contributed by atoms with E-state index in [2.05, 4.69) is 30.8 Å². The molecule has 0 fully saturated rings. The van der Waals surface area contributed by atoms with Gasteiger partial charge in [0.15, 0.2) is 5.82 Å². The van der Waals surface area contributed by atoms with Crippen molar-refractivity contribution in [3.05, 3.63) is 55.0 Å². The predicted molar refractivity (Wildman–Crippen MR) is 91.8 cm³/mol. The highest BCUT2D eigenvalue weighted by Gasteiger charge is 2.10. The summed E-state index contributed by atoms with van der Waals surface area (Å²) in [6.07, 6.45) is 9.32. The molecule has 2 amide bonds. The van der Waals surface area contributed by atoms with Crippen LogP contribution in [0.1, 0.15) is 12.5 Å². The number of aromatic nitrogens is 6. The van der Waals surface area contributed by atoms with Crippen LogP contribution in [0.25, 0.3) is 0 Å². The molecule has 3 aromatic rings. The van der Waals surface area contributed by atoms with Crippen molar-refractivity contribution >= 4 is 11.8 Å². The molecule has 130 valence electrons. The molecule has 0 bridgehead atoms. The van der Waals surface area contributed by atoms with Crippen LogP contribution in [0.15, 0.2) is 49.4 Å². The first-order chi connectivity index (χ1) is 12.2. The largest absolute Gasteiger partial charge is 0.334 e. The Bertz CT molecular complexity index is 784. The van der Waals surface area contributed by atoms with Crippen molar-refractivity contribution in [2.75, 3.05) is 5.32 Å². The summed E-state index contributed by atoms with van der Waals surface area (Å²) in [6, 6.07) is 5.34. The van der Waals surface area contributed by atoms with Crippen LogP contribution in [-0.4, -0.2) is 41.6 Å². The number of hydrogen-bond acceptors (Lipinski definition) is 5.